The Morgan fingerprint density at radius 3 is 2.52 bits per heavy atom. The molecule has 1 heterocycles. The molecule has 4 nitrogen and oxygen atoms in total. The van der Waals surface area contributed by atoms with E-state index in [0.29, 0.717) is 10.7 Å². The lowest BCUT2D eigenvalue weighted by molar-refractivity contribution is 0.524. The van der Waals surface area contributed by atoms with E-state index in [-0.39, 0.29) is 17.0 Å². The van der Waals surface area contributed by atoms with Crippen molar-refractivity contribution < 1.29 is 8.42 Å². The SMILES string of the molecule is CC(C)NC1c2ccccc2N(C)S(=O)(=O)c2cc(Cl)ccc21. The third kappa shape index (κ3) is 2.73. The van der Waals surface area contributed by atoms with Crippen LogP contribution in [0.15, 0.2) is 47.4 Å². The molecule has 0 radical (unpaired) electrons. The van der Waals surface area contributed by atoms with Crippen LogP contribution in [0.1, 0.15) is 31.0 Å². The number of hydrogen-bond donors (Lipinski definition) is 1. The molecule has 1 N–H and O–H groups in total. The van der Waals surface area contributed by atoms with Gasteiger partial charge in [-0.05, 0) is 43.2 Å². The fraction of sp³-hybridized carbons (Fsp3) is 0.294. The Balaban J connectivity index is 2.36. The lowest BCUT2D eigenvalue weighted by Gasteiger charge is -2.23. The largest absolute Gasteiger partial charge is 0.304 e. The van der Waals surface area contributed by atoms with Gasteiger partial charge >= 0.3 is 0 Å². The summed E-state index contributed by atoms with van der Waals surface area (Å²) >= 11 is 6.07. The van der Waals surface area contributed by atoms with Crippen LogP contribution in [0.5, 0.6) is 0 Å². The molecule has 1 unspecified atom stereocenters. The lowest BCUT2D eigenvalue weighted by Crippen LogP contribution is -2.29. The predicted molar refractivity (Wildman–Crippen MR) is 93.6 cm³/mol. The Bertz CT molecular complexity index is 849. The number of nitrogens with zero attached hydrogens (tertiary/aromatic N) is 1. The molecule has 2 aromatic carbocycles. The monoisotopic (exact) mass is 350 g/mol. The van der Waals surface area contributed by atoms with Crippen molar-refractivity contribution in [2.75, 3.05) is 11.4 Å². The third-order valence-electron chi connectivity index (χ3n) is 4.01. The van der Waals surface area contributed by atoms with Crippen LogP contribution in [0.2, 0.25) is 5.02 Å². The van der Waals surface area contributed by atoms with Gasteiger partial charge in [0, 0.05) is 18.1 Å². The molecule has 1 aliphatic rings. The van der Waals surface area contributed by atoms with Crippen LogP contribution in [-0.4, -0.2) is 21.5 Å². The quantitative estimate of drug-likeness (QED) is 0.900. The Labute approximate surface area is 142 Å². The molecule has 0 aliphatic carbocycles. The molecule has 1 aliphatic heterocycles. The van der Waals surface area contributed by atoms with Gasteiger partial charge in [0.1, 0.15) is 0 Å². The van der Waals surface area contributed by atoms with Crippen molar-refractivity contribution in [3.63, 3.8) is 0 Å². The van der Waals surface area contributed by atoms with Crippen LogP contribution in [0.3, 0.4) is 0 Å². The maximum Gasteiger partial charge on any atom is 0.264 e. The zero-order valence-corrected chi connectivity index (χ0v) is 14.8. The van der Waals surface area contributed by atoms with E-state index in [1.54, 1.807) is 19.2 Å². The topological polar surface area (TPSA) is 49.4 Å². The van der Waals surface area contributed by atoms with E-state index in [0.717, 1.165) is 11.1 Å². The molecule has 1 atom stereocenters. The number of hydrogen-bond acceptors (Lipinski definition) is 3. The van der Waals surface area contributed by atoms with Gasteiger partial charge in [-0.3, -0.25) is 4.31 Å². The summed E-state index contributed by atoms with van der Waals surface area (Å²) in [6.07, 6.45) is 0. The first-order valence-electron chi connectivity index (χ1n) is 7.45. The Hall–Kier alpha value is -1.56. The Kier molecular flexibility index (Phi) is 4.12. The number of sulfonamides is 1. The molecular weight excluding hydrogens is 332 g/mol. The van der Waals surface area contributed by atoms with Crippen molar-refractivity contribution in [1.29, 1.82) is 0 Å². The highest BCUT2D eigenvalue weighted by Gasteiger charge is 2.35. The van der Waals surface area contributed by atoms with Gasteiger partial charge in [-0.1, -0.05) is 35.9 Å². The first-order chi connectivity index (χ1) is 10.8. The molecule has 0 bridgehead atoms. The molecule has 0 aromatic heterocycles. The number of nitrogens with one attached hydrogen (secondary N) is 1. The van der Waals surface area contributed by atoms with Crippen LogP contribution in [0.4, 0.5) is 5.69 Å². The number of anilines is 1. The standard InChI is InChI=1S/C17H19ClN2O2S/c1-11(2)19-17-13-6-4-5-7-15(13)20(3)23(21,22)16-10-12(18)8-9-14(16)17/h4-11,17,19H,1-3H3. The van der Waals surface area contributed by atoms with Crippen molar-refractivity contribution in [3.8, 4) is 0 Å². The lowest BCUT2D eigenvalue weighted by atomic mass is 9.96. The second-order valence-corrected chi connectivity index (χ2v) is 8.34. The predicted octanol–water partition coefficient (Wildman–Crippen LogP) is 3.57. The second-order valence-electron chi connectivity index (χ2n) is 5.97. The molecule has 3 rings (SSSR count). The zero-order chi connectivity index (χ0) is 16.8. The van der Waals surface area contributed by atoms with Crippen molar-refractivity contribution in [2.24, 2.45) is 0 Å². The fourth-order valence-electron chi connectivity index (χ4n) is 2.95. The number of para-hydroxylation sites is 1. The van der Waals surface area contributed by atoms with Crippen LogP contribution in [0.25, 0.3) is 0 Å². The van der Waals surface area contributed by atoms with Crippen LogP contribution >= 0.6 is 11.6 Å². The summed E-state index contributed by atoms with van der Waals surface area (Å²) in [5, 5.41) is 3.89. The molecule has 6 heteroatoms. The summed E-state index contributed by atoms with van der Waals surface area (Å²) in [6, 6.07) is 12.6. The van der Waals surface area contributed by atoms with Crippen LogP contribution < -0.4 is 9.62 Å². The average molecular weight is 351 g/mol. The first-order valence-corrected chi connectivity index (χ1v) is 9.27. The van der Waals surface area contributed by atoms with Gasteiger partial charge in [0.25, 0.3) is 10.0 Å². The summed E-state index contributed by atoms with van der Waals surface area (Å²) in [6.45, 7) is 4.09. The molecule has 122 valence electrons. The highest BCUT2D eigenvalue weighted by Crippen LogP contribution is 2.40. The van der Waals surface area contributed by atoms with Gasteiger partial charge in [-0.15, -0.1) is 0 Å². The van der Waals surface area contributed by atoms with E-state index in [1.165, 1.54) is 10.4 Å². The van der Waals surface area contributed by atoms with E-state index in [2.05, 4.69) is 5.32 Å². The molecule has 0 saturated carbocycles. The maximum absolute atomic E-state index is 13.0. The van der Waals surface area contributed by atoms with E-state index in [4.69, 9.17) is 11.6 Å². The highest BCUT2D eigenvalue weighted by atomic mass is 35.5. The second kappa shape index (κ2) is 5.82. The summed E-state index contributed by atoms with van der Waals surface area (Å²) in [5.41, 5.74) is 2.34. The number of fused-ring (bicyclic) bond motifs is 2. The summed E-state index contributed by atoms with van der Waals surface area (Å²) in [7, 11) is -2.07. The van der Waals surface area contributed by atoms with E-state index in [9.17, 15) is 8.42 Å². The van der Waals surface area contributed by atoms with Crippen LogP contribution in [-0.2, 0) is 10.0 Å². The smallest absolute Gasteiger partial charge is 0.264 e. The maximum atomic E-state index is 13.0. The van der Waals surface area contributed by atoms with Crippen LogP contribution in [0, 0.1) is 0 Å². The third-order valence-corrected chi connectivity index (χ3v) is 6.07. The molecular formula is C17H19ClN2O2S. The minimum absolute atomic E-state index is 0.197. The van der Waals surface area contributed by atoms with E-state index < -0.39 is 10.0 Å². The van der Waals surface area contributed by atoms with Crippen molar-refractivity contribution in [1.82, 2.24) is 5.32 Å². The molecule has 2 aromatic rings. The Morgan fingerprint density at radius 2 is 1.83 bits per heavy atom. The van der Waals surface area contributed by atoms with Gasteiger partial charge in [0.05, 0.1) is 16.6 Å². The minimum atomic E-state index is -3.65. The average Bonchev–Trinajstić information content (AvgIpc) is 2.57. The van der Waals surface area contributed by atoms with Crippen molar-refractivity contribution in [2.45, 2.75) is 30.8 Å². The van der Waals surface area contributed by atoms with E-state index >= 15 is 0 Å². The normalized spacial score (nSPS) is 19.2. The summed E-state index contributed by atoms with van der Waals surface area (Å²) in [4.78, 5) is 0.252. The van der Waals surface area contributed by atoms with Gasteiger partial charge in [0.15, 0.2) is 0 Å². The van der Waals surface area contributed by atoms with Crippen molar-refractivity contribution >= 4 is 27.3 Å². The van der Waals surface area contributed by atoms with Gasteiger partial charge in [-0.25, -0.2) is 8.42 Å². The minimum Gasteiger partial charge on any atom is -0.304 e. The fourth-order valence-corrected chi connectivity index (χ4v) is 4.66. The van der Waals surface area contributed by atoms with Gasteiger partial charge in [-0.2, -0.15) is 0 Å². The molecule has 0 saturated heterocycles. The van der Waals surface area contributed by atoms with Crippen molar-refractivity contribution in [3.05, 3.63) is 58.6 Å². The number of halogens is 1. The summed E-state index contributed by atoms with van der Waals surface area (Å²) < 4.78 is 27.4. The molecule has 0 amide bonds. The zero-order valence-electron chi connectivity index (χ0n) is 13.2. The Morgan fingerprint density at radius 1 is 1.13 bits per heavy atom. The molecule has 0 spiro atoms. The number of rotatable bonds is 2. The van der Waals surface area contributed by atoms with Gasteiger partial charge in [0.2, 0.25) is 0 Å². The number of benzene rings is 2. The summed E-state index contributed by atoms with van der Waals surface area (Å²) in [5.74, 6) is 0. The van der Waals surface area contributed by atoms with E-state index in [1.807, 2.05) is 38.1 Å². The molecule has 23 heavy (non-hydrogen) atoms. The van der Waals surface area contributed by atoms with Gasteiger partial charge < -0.3 is 5.32 Å². The first kappa shape index (κ1) is 16.3. The molecule has 0 fully saturated rings. The highest BCUT2D eigenvalue weighted by molar-refractivity contribution is 7.92.